The Bertz CT molecular complexity index is 1330. The Morgan fingerprint density at radius 3 is 2.50 bits per heavy atom. The molecule has 4 aromatic rings. The van der Waals surface area contributed by atoms with Gasteiger partial charge in [0, 0.05) is 24.9 Å². The smallest absolute Gasteiger partial charge is 0.377 e. The molecule has 1 fully saturated rings. The summed E-state index contributed by atoms with van der Waals surface area (Å²) >= 11 is 0. The van der Waals surface area contributed by atoms with Crippen LogP contribution < -0.4 is 0 Å². The maximum atomic E-state index is 13.1. The van der Waals surface area contributed by atoms with Gasteiger partial charge in [-0.25, -0.2) is 19.9 Å². The van der Waals surface area contributed by atoms with Gasteiger partial charge in [0.05, 0.1) is 16.7 Å². The van der Waals surface area contributed by atoms with Crippen molar-refractivity contribution in [3.8, 4) is 5.82 Å². The zero-order valence-corrected chi connectivity index (χ0v) is 17.5. The molecule has 3 heterocycles. The fourth-order valence-corrected chi connectivity index (χ4v) is 4.10. The predicted octanol–water partition coefficient (Wildman–Crippen LogP) is 3.43. The lowest BCUT2D eigenvalue weighted by Gasteiger charge is -2.15. The molecule has 32 heavy (non-hydrogen) atoms. The van der Waals surface area contributed by atoms with Crippen LogP contribution in [0.2, 0.25) is 0 Å². The van der Waals surface area contributed by atoms with E-state index >= 15 is 0 Å². The van der Waals surface area contributed by atoms with Gasteiger partial charge in [0.25, 0.3) is 0 Å². The zero-order valence-electron chi connectivity index (χ0n) is 17.5. The topological polar surface area (TPSA) is 94.5 Å². The number of para-hydroxylation sites is 2. The van der Waals surface area contributed by atoms with Gasteiger partial charge in [-0.3, -0.25) is 0 Å². The second-order valence-corrected chi connectivity index (χ2v) is 8.04. The van der Waals surface area contributed by atoms with Gasteiger partial charge in [-0.05, 0) is 32.4 Å². The van der Waals surface area contributed by atoms with E-state index in [9.17, 15) is 18.3 Å². The molecule has 1 aromatic carbocycles. The average Bonchev–Trinajstić information content (AvgIpc) is 3.33. The van der Waals surface area contributed by atoms with Crippen molar-refractivity contribution in [1.29, 1.82) is 0 Å². The van der Waals surface area contributed by atoms with Gasteiger partial charge in [0.1, 0.15) is 17.5 Å². The number of aryl methyl sites for hydroxylation is 3. The number of rotatable bonds is 4. The quantitative estimate of drug-likeness (QED) is 0.519. The largest absolute Gasteiger partial charge is 0.421 e. The van der Waals surface area contributed by atoms with E-state index in [1.54, 1.807) is 13.0 Å². The summed E-state index contributed by atoms with van der Waals surface area (Å²) in [7, 11) is 1.97. The summed E-state index contributed by atoms with van der Waals surface area (Å²) in [4.78, 5) is 17.3. The summed E-state index contributed by atoms with van der Waals surface area (Å²) in [5.74, 6) is 1.17. The molecule has 3 atom stereocenters. The van der Waals surface area contributed by atoms with E-state index in [0.29, 0.717) is 11.5 Å². The number of fused-ring (bicyclic) bond motifs is 1. The Morgan fingerprint density at radius 1 is 1.03 bits per heavy atom. The molecule has 5 rings (SSSR count). The summed E-state index contributed by atoms with van der Waals surface area (Å²) in [6.07, 6.45) is -6.82. The number of hydrogen-bond acceptors (Lipinski definition) is 6. The minimum absolute atomic E-state index is 0.0616. The van der Waals surface area contributed by atoms with Crippen molar-refractivity contribution in [3.05, 3.63) is 59.3 Å². The first-order valence-corrected chi connectivity index (χ1v) is 10.1. The minimum Gasteiger partial charge on any atom is -0.377 e. The number of aromatic nitrogens is 7. The summed E-state index contributed by atoms with van der Waals surface area (Å²) in [5, 5.41) is 13.8. The molecule has 8 nitrogen and oxygen atoms in total. The fraction of sp³-hybridized carbons (Fsp3) is 0.381. The summed E-state index contributed by atoms with van der Waals surface area (Å²) < 4.78 is 42.4. The van der Waals surface area contributed by atoms with Crippen molar-refractivity contribution < 1.29 is 18.3 Å². The fourth-order valence-electron chi connectivity index (χ4n) is 4.10. The van der Waals surface area contributed by atoms with Crippen LogP contribution in [-0.2, 0) is 7.05 Å². The monoisotopic (exact) mass is 443 g/mol. The Labute approximate surface area is 180 Å². The van der Waals surface area contributed by atoms with Crippen molar-refractivity contribution >= 4 is 11.0 Å². The van der Waals surface area contributed by atoms with Crippen LogP contribution in [0.25, 0.3) is 16.9 Å². The molecular formula is C21H20F3N7O. The van der Waals surface area contributed by atoms with Gasteiger partial charge in [0.2, 0.25) is 6.10 Å². The third-order valence-corrected chi connectivity index (χ3v) is 5.68. The molecule has 11 heteroatoms. The van der Waals surface area contributed by atoms with E-state index in [1.165, 1.54) is 6.92 Å². The van der Waals surface area contributed by atoms with E-state index in [1.807, 2.05) is 31.3 Å². The first-order valence-electron chi connectivity index (χ1n) is 10.1. The molecule has 1 unspecified atom stereocenters. The van der Waals surface area contributed by atoms with E-state index in [0.717, 1.165) is 28.0 Å². The van der Waals surface area contributed by atoms with Crippen LogP contribution >= 0.6 is 0 Å². The van der Waals surface area contributed by atoms with Crippen LogP contribution in [0.5, 0.6) is 0 Å². The highest BCUT2D eigenvalue weighted by atomic mass is 19.4. The number of benzene rings is 1. The van der Waals surface area contributed by atoms with Crippen molar-refractivity contribution in [3.63, 3.8) is 0 Å². The van der Waals surface area contributed by atoms with Crippen molar-refractivity contribution in [1.82, 2.24) is 34.3 Å². The van der Waals surface area contributed by atoms with Gasteiger partial charge in [-0.2, -0.15) is 17.9 Å². The van der Waals surface area contributed by atoms with Crippen LogP contribution in [0.3, 0.4) is 0 Å². The first-order chi connectivity index (χ1) is 15.1. The molecule has 0 amide bonds. The number of aliphatic hydroxyl groups excluding tert-OH is 1. The molecular weight excluding hydrogens is 423 g/mol. The maximum absolute atomic E-state index is 13.1. The predicted molar refractivity (Wildman–Crippen MR) is 108 cm³/mol. The number of hydrogen-bond donors (Lipinski definition) is 1. The van der Waals surface area contributed by atoms with Crippen LogP contribution in [0, 0.1) is 13.8 Å². The summed E-state index contributed by atoms with van der Waals surface area (Å²) in [6.45, 7) is 3.13. The molecule has 3 aromatic heterocycles. The lowest BCUT2D eigenvalue weighted by molar-refractivity contribution is -0.209. The van der Waals surface area contributed by atoms with E-state index < -0.39 is 18.1 Å². The van der Waals surface area contributed by atoms with Gasteiger partial charge >= 0.3 is 6.18 Å². The minimum atomic E-state index is -4.87. The number of imidazole rings is 1. The standard InChI is InChI=1S/C21H20F3N7O/c1-10-25-15(12-8-13(12)19-28-14-6-4-5-7-16(14)30(19)3)9-17(26-10)31-20(27-11(2)29-31)18(32)21(22,23)24/h4-7,9,12-13,18,32H,8H2,1-3H3/t12-,13-,18?/m1/s1. The van der Waals surface area contributed by atoms with Crippen LogP contribution in [0.15, 0.2) is 30.3 Å². The molecule has 1 saturated carbocycles. The van der Waals surface area contributed by atoms with Crippen molar-refractivity contribution in [2.45, 2.75) is 44.4 Å². The van der Waals surface area contributed by atoms with Crippen LogP contribution in [0.4, 0.5) is 13.2 Å². The molecule has 0 bridgehead atoms. The number of halogens is 3. The number of aliphatic hydroxyl groups is 1. The van der Waals surface area contributed by atoms with Gasteiger partial charge < -0.3 is 9.67 Å². The zero-order chi connectivity index (χ0) is 22.8. The molecule has 166 valence electrons. The molecule has 0 saturated heterocycles. The third-order valence-electron chi connectivity index (χ3n) is 5.68. The van der Waals surface area contributed by atoms with Crippen molar-refractivity contribution in [2.24, 2.45) is 7.05 Å². The molecule has 0 radical (unpaired) electrons. The highest BCUT2D eigenvalue weighted by Gasteiger charge is 2.45. The Kier molecular flexibility index (Phi) is 4.55. The normalized spacial score (nSPS) is 19.5. The first kappa shape index (κ1) is 20.6. The Hall–Kier alpha value is -3.34. The van der Waals surface area contributed by atoms with Gasteiger partial charge in [-0.15, -0.1) is 5.10 Å². The van der Waals surface area contributed by atoms with Gasteiger partial charge in [-0.1, -0.05) is 12.1 Å². The maximum Gasteiger partial charge on any atom is 0.421 e. The third kappa shape index (κ3) is 3.42. The molecule has 1 aliphatic rings. The molecule has 0 aliphatic heterocycles. The second-order valence-electron chi connectivity index (χ2n) is 8.04. The van der Waals surface area contributed by atoms with E-state index in [2.05, 4.69) is 24.6 Å². The highest BCUT2D eigenvalue weighted by molar-refractivity contribution is 5.76. The van der Waals surface area contributed by atoms with Crippen LogP contribution in [0.1, 0.15) is 53.4 Å². The lowest BCUT2D eigenvalue weighted by atomic mass is 10.2. The van der Waals surface area contributed by atoms with E-state index in [-0.39, 0.29) is 23.5 Å². The van der Waals surface area contributed by atoms with Gasteiger partial charge in [0.15, 0.2) is 11.6 Å². The summed E-state index contributed by atoms with van der Waals surface area (Å²) in [6, 6.07) is 9.49. The summed E-state index contributed by atoms with van der Waals surface area (Å²) in [5.41, 5.74) is 2.65. The Morgan fingerprint density at radius 2 is 1.78 bits per heavy atom. The second kappa shape index (κ2) is 7.09. The van der Waals surface area contributed by atoms with E-state index in [4.69, 9.17) is 4.98 Å². The Balaban J connectivity index is 1.51. The molecule has 0 spiro atoms. The average molecular weight is 443 g/mol. The van der Waals surface area contributed by atoms with Crippen molar-refractivity contribution in [2.75, 3.05) is 0 Å². The number of alkyl halides is 3. The van der Waals surface area contributed by atoms with Crippen LogP contribution in [-0.4, -0.2) is 45.6 Å². The SMILES string of the molecule is Cc1nc([C@@H]2C[C@H]2c2nc3ccccc3n2C)cc(-n2nc(C)nc2C(O)C(F)(F)F)n1. The lowest BCUT2D eigenvalue weighted by Crippen LogP contribution is -2.24. The highest BCUT2D eigenvalue weighted by Crippen LogP contribution is 2.54. The molecule has 1 N–H and O–H groups in total. The number of nitrogens with zero attached hydrogens (tertiary/aromatic N) is 7. The molecule has 1 aliphatic carbocycles.